The summed E-state index contributed by atoms with van der Waals surface area (Å²) in [4.78, 5) is 0. The lowest BCUT2D eigenvalue weighted by Crippen LogP contribution is -1.99. The molecule has 0 aliphatic heterocycles. The maximum absolute atomic E-state index is 5.72. The van der Waals surface area contributed by atoms with Gasteiger partial charge in [0.05, 0.1) is 0 Å². The van der Waals surface area contributed by atoms with Gasteiger partial charge in [0.15, 0.2) is 11.5 Å². The second kappa shape index (κ2) is 3.27. The highest BCUT2D eigenvalue weighted by Gasteiger charge is 2.05. The molecule has 2 rings (SSSR count). The largest absolute Gasteiger partial charge is 0.377 e. The zero-order valence-electron chi connectivity index (χ0n) is 6.94. The minimum atomic E-state index is 0.370. The summed E-state index contributed by atoms with van der Waals surface area (Å²) in [7, 11) is 1.59. The Kier molecular flexibility index (Phi) is 2.12. The number of fused-ring (bicyclic) bond motifs is 1. The van der Waals surface area contributed by atoms with Crippen molar-refractivity contribution in [3.05, 3.63) is 23.1 Å². The molecule has 0 unspecified atom stereocenters. The molecule has 2 heterocycles. The molecule has 0 spiro atoms. The molecule has 5 nitrogen and oxygen atoms in total. The third kappa shape index (κ3) is 1.48. The number of hydrogen-bond donors (Lipinski definition) is 0. The Balaban J connectivity index is 2.58. The van der Waals surface area contributed by atoms with Crippen LogP contribution in [-0.4, -0.2) is 26.9 Å². The Labute approximate surface area is 79.3 Å². The van der Waals surface area contributed by atoms with Gasteiger partial charge in [0, 0.05) is 7.11 Å². The van der Waals surface area contributed by atoms with Crippen LogP contribution in [0.5, 0.6) is 0 Å². The topological polar surface area (TPSA) is 52.3 Å². The average Bonchev–Trinajstić information content (AvgIpc) is 2.49. The number of ether oxygens (including phenoxy) is 1. The Bertz CT molecular complexity index is 427. The number of methoxy groups -OCH3 is 1. The van der Waals surface area contributed by atoms with Gasteiger partial charge in [-0.05, 0) is 12.1 Å². The molecule has 0 aliphatic carbocycles. The fourth-order valence-corrected chi connectivity index (χ4v) is 1.17. The maximum Gasteiger partial charge on any atom is 0.180 e. The lowest BCUT2D eigenvalue weighted by molar-refractivity contribution is 0.176. The number of rotatable bonds is 2. The number of halogens is 1. The van der Waals surface area contributed by atoms with Gasteiger partial charge in [0.1, 0.15) is 11.8 Å². The molecule has 2 aromatic rings. The van der Waals surface area contributed by atoms with Crippen molar-refractivity contribution in [2.24, 2.45) is 0 Å². The van der Waals surface area contributed by atoms with E-state index in [0.717, 1.165) is 0 Å². The summed E-state index contributed by atoms with van der Waals surface area (Å²) in [5.41, 5.74) is 0.663. The standard InChI is InChI=1S/C7H7ClN4O/c1-13-4-7-10-9-6-3-2-5(8)11-12(6)7/h2-3H,4H2,1H3. The maximum atomic E-state index is 5.72. The number of nitrogens with zero attached hydrogens (tertiary/aromatic N) is 4. The third-order valence-corrected chi connectivity index (χ3v) is 1.77. The summed E-state index contributed by atoms with van der Waals surface area (Å²) < 4.78 is 6.49. The SMILES string of the molecule is COCc1nnc2ccc(Cl)nn12. The van der Waals surface area contributed by atoms with Crippen molar-refractivity contribution in [1.82, 2.24) is 19.8 Å². The predicted octanol–water partition coefficient (Wildman–Crippen LogP) is 0.924. The second-order valence-electron chi connectivity index (χ2n) is 2.48. The van der Waals surface area contributed by atoms with E-state index in [4.69, 9.17) is 16.3 Å². The molecule has 0 aromatic carbocycles. The predicted molar refractivity (Wildman–Crippen MR) is 46.5 cm³/mol. The van der Waals surface area contributed by atoms with Gasteiger partial charge >= 0.3 is 0 Å². The van der Waals surface area contributed by atoms with Gasteiger partial charge in [-0.3, -0.25) is 0 Å². The van der Waals surface area contributed by atoms with Crippen molar-refractivity contribution in [1.29, 1.82) is 0 Å². The number of aromatic nitrogens is 4. The van der Waals surface area contributed by atoms with E-state index in [1.165, 1.54) is 0 Å². The Morgan fingerprint density at radius 2 is 2.31 bits per heavy atom. The van der Waals surface area contributed by atoms with E-state index in [9.17, 15) is 0 Å². The average molecular weight is 199 g/mol. The van der Waals surface area contributed by atoms with E-state index in [-0.39, 0.29) is 0 Å². The van der Waals surface area contributed by atoms with Crippen LogP contribution in [0, 0.1) is 0 Å². The Morgan fingerprint density at radius 3 is 3.08 bits per heavy atom. The molecule has 0 radical (unpaired) electrons. The zero-order chi connectivity index (χ0) is 9.26. The Morgan fingerprint density at radius 1 is 1.46 bits per heavy atom. The molecule has 0 atom stereocenters. The monoisotopic (exact) mass is 198 g/mol. The van der Waals surface area contributed by atoms with E-state index >= 15 is 0 Å². The summed E-state index contributed by atoms with van der Waals surface area (Å²) in [6, 6.07) is 3.42. The minimum absolute atomic E-state index is 0.370. The molecule has 0 amide bonds. The Hall–Kier alpha value is -1.20. The van der Waals surface area contributed by atoms with Gasteiger partial charge in [0.25, 0.3) is 0 Å². The molecule has 0 N–H and O–H groups in total. The molecule has 0 bridgehead atoms. The zero-order valence-corrected chi connectivity index (χ0v) is 7.69. The summed E-state index contributed by atoms with van der Waals surface area (Å²) >= 11 is 5.72. The van der Waals surface area contributed by atoms with Crippen LogP contribution >= 0.6 is 11.6 Å². The molecule has 2 aromatic heterocycles. The fraction of sp³-hybridized carbons (Fsp3) is 0.286. The first-order chi connectivity index (χ1) is 6.31. The van der Waals surface area contributed by atoms with Crippen molar-refractivity contribution < 1.29 is 4.74 Å². The smallest absolute Gasteiger partial charge is 0.180 e. The van der Waals surface area contributed by atoms with Crippen LogP contribution in [0.1, 0.15) is 5.82 Å². The van der Waals surface area contributed by atoms with Gasteiger partial charge in [-0.2, -0.15) is 9.61 Å². The first-order valence-corrected chi connectivity index (χ1v) is 4.05. The van der Waals surface area contributed by atoms with Gasteiger partial charge in [-0.15, -0.1) is 10.2 Å². The highest BCUT2D eigenvalue weighted by Crippen LogP contribution is 2.07. The summed E-state index contributed by atoms with van der Waals surface area (Å²) in [5, 5.41) is 12.2. The lowest BCUT2D eigenvalue weighted by atomic mass is 10.5. The molecule has 6 heteroatoms. The van der Waals surface area contributed by atoms with E-state index in [0.29, 0.717) is 23.2 Å². The van der Waals surface area contributed by atoms with Crippen LogP contribution in [0.2, 0.25) is 5.15 Å². The van der Waals surface area contributed by atoms with Crippen molar-refractivity contribution >= 4 is 17.2 Å². The first-order valence-electron chi connectivity index (χ1n) is 3.67. The normalized spacial score (nSPS) is 10.9. The fourth-order valence-electron chi connectivity index (χ4n) is 1.03. The van der Waals surface area contributed by atoms with Gasteiger partial charge < -0.3 is 4.74 Å². The first kappa shape index (κ1) is 8.40. The highest BCUT2D eigenvalue weighted by molar-refractivity contribution is 6.29. The van der Waals surface area contributed by atoms with Gasteiger partial charge in [0.2, 0.25) is 0 Å². The van der Waals surface area contributed by atoms with Crippen molar-refractivity contribution in [3.8, 4) is 0 Å². The van der Waals surface area contributed by atoms with Crippen LogP contribution in [0.4, 0.5) is 0 Å². The van der Waals surface area contributed by atoms with Crippen LogP contribution in [-0.2, 0) is 11.3 Å². The highest BCUT2D eigenvalue weighted by atomic mass is 35.5. The second-order valence-corrected chi connectivity index (χ2v) is 2.86. The van der Waals surface area contributed by atoms with E-state index in [2.05, 4.69) is 15.3 Å². The summed E-state index contributed by atoms with van der Waals surface area (Å²) in [6.45, 7) is 0.370. The summed E-state index contributed by atoms with van der Waals surface area (Å²) in [5.74, 6) is 0.639. The van der Waals surface area contributed by atoms with Crippen molar-refractivity contribution in [2.75, 3.05) is 7.11 Å². The molecule has 0 saturated carbocycles. The van der Waals surface area contributed by atoms with E-state index in [1.807, 2.05) is 0 Å². The number of hydrogen-bond acceptors (Lipinski definition) is 4. The summed E-state index contributed by atoms with van der Waals surface area (Å²) in [6.07, 6.45) is 0. The van der Waals surface area contributed by atoms with Crippen LogP contribution in [0.3, 0.4) is 0 Å². The van der Waals surface area contributed by atoms with Gasteiger partial charge in [-0.25, -0.2) is 0 Å². The van der Waals surface area contributed by atoms with Gasteiger partial charge in [-0.1, -0.05) is 11.6 Å². The van der Waals surface area contributed by atoms with E-state index < -0.39 is 0 Å². The molecule has 0 fully saturated rings. The quantitative estimate of drug-likeness (QED) is 0.720. The van der Waals surface area contributed by atoms with Crippen LogP contribution in [0.25, 0.3) is 5.65 Å². The van der Waals surface area contributed by atoms with Crippen molar-refractivity contribution in [2.45, 2.75) is 6.61 Å². The minimum Gasteiger partial charge on any atom is -0.377 e. The molecular weight excluding hydrogens is 192 g/mol. The van der Waals surface area contributed by atoms with Crippen molar-refractivity contribution in [3.63, 3.8) is 0 Å². The molecule has 13 heavy (non-hydrogen) atoms. The molecule has 68 valence electrons. The van der Waals surface area contributed by atoms with Crippen LogP contribution in [0.15, 0.2) is 12.1 Å². The van der Waals surface area contributed by atoms with Crippen LogP contribution < -0.4 is 0 Å². The van der Waals surface area contributed by atoms with E-state index in [1.54, 1.807) is 23.8 Å². The molecule has 0 aliphatic rings. The molecular formula is C7H7ClN4O. The third-order valence-electron chi connectivity index (χ3n) is 1.57. The molecule has 0 saturated heterocycles. The lowest BCUT2D eigenvalue weighted by Gasteiger charge is -1.96.